The number of carbonyl (C=O) groups excluding carboxylic acids is 1. The highest BCUT2D eigenvalue weighted by atomic mass is 16.6. The fourth-order valence-corrected chi connectivity index (χ4v) is 2.38. The molecule has 0 saturated heterocycles. The van der Waals surface area contributed by atoms with E-state index in [-0.39, 0.29) is 12.1 Å². The Bertz CT molecular complexity index is 584. The van der Waals surface area contributed by atoms with Crippen LogP contribution in [0.15, 0.2) is 12.1 Å². The second kappa shape index (κ2) is 6.64. The highest BCUT2D eigenvalue weighted by Crippen LogP contribution is 2.32. The molecular weight excluding hydrogens is 286 g/mol. The number of benzene rings is 1. The number of ether oxygens (including phenoxy) is 1. The molecule has 1 aromatic carbocycles. The molecule has 0 aromatic heterocycles. The quantitative estimate of drug-likeness (QED) is 0.643. The summed E-state index contributed by atoms with van der Waals surface area (Å²) in [4.78, 5) is 23.8. The van der Waals surface area contributed by atoms with Gasteiger partial charge in [-0.3, -0.25) is 10.1 Å². The Labute approximate surface area is 130 Å². The van der Waals surface area contributed by atoms with Crippen molar-refractivity contribution in [3.8, 4) is 0 Å². The van der Waals surface area contributed by atoms with E-state index < -0.39 is 16.6 Å². The van der Waals surface area contributed by atoms with E-state index in [1.807, 2.05) is 25.8 Å². The van der Waals surface area contributed by atoms with Gasteiger partial charge in [0, 0.05) is 37.3 Å². The maximum Gasteiger partial charge on any atom is 0.405 e. The van der Waals surface area contributed by atoms with Crippen molar-refractivity contribution in [3.63, 3.8) is 0 Å². The molecule has 122 valence electrons. The lowest BCUT2D eigenvalue weighted by Crippen LogP contribution is -2.33. The number of amides is 1. The number of rotatable bonds is 6. The van der Waals surface area contributed by atoms with E-state index in [9.17, 15) is 14.9 Å². The Balaban J connectivity index is 3.31. The molecule has 7 heteroatoms. The van der Waals surface area contributed by atoms with Gasteiger partial charge < -0.3 is 15.4 Å². The first-order valence-electron chi connectivity index (χ1n) is 7.05. The van der Waals surface area contributed by atoms with Gasteiger partial charge in [0.25, 0.3) is 5.69 Å². The Kier molecular flexibility index (Phi) is 5.35. The minimum atomic E-state index is -0.923. The van der Waals surface area contributed by atoms with Crippen LogP contribution < -0.4 is 10.6 Å². The minimum absolute atomic E-state index is 0.0203. The molecule has 2 N–H and O–H groups in total. The van der Waals surface area contributed by atoms with Crippen LogP contribution in [0.5, 0.6) is 0 Å². The molecule has 0 heterocycles. The lowest BCUT2D eigenvalue weighted by atomic mass is 9.95. The van der Waals surface area contributed by atoms with Crippen LogP contribution in [0.25, 0.3) is 0 Å². The van der Waals surface area contributed by atoms with E-state index >= 15 is 0 Å². The van der Waals surface area contributed by atoms with E-state index in [0.717, 1.165) is 17.8 Å². The average Bonchev–Trinajstić information content (AvgIpc) is 2.37. The summed E-state index contributed by atoms with van der Waals surface area (Å²) in [6.07, 6.45) is -0.692. The van der Waals surface area contributed by atoms with Crippen LogP contribution in [-0.4, -0.2) is 30.2 Å². The topological polar surface area (TPSA) is 98.7 Å². The predicted octanol–water partition coefficient (Wildman–Crippen LogP) is 2.78. The summed E-state index contributed by atoms with van der Waals surface area (Å²) < 4.78 is 5.04. The first kappa shape index (κ1) is 17.7. The maximum atomic E-state index is 11.3. The zero-order chi connectivity index (χ0) is 17.1. The summed E-state index contributed by atoms with van der Waals surface area (Å²) in [5.41, 5.74) is 6.40. The van der Waals surface area contributed by atoms with Gasteiger partial charge in [0.15, 0.2) is 0 Å². The first-order valence-corrected chi connectivity index (χ1v) is 7.05. The maximum absolute atomic E-state index is 11.3. The molecule has 0 bridgehead atoms. The molecule has 1 aromatic rings. The van der Waals surface area contributed by atoms with Gasteiger partial charge in [-0.25, -0.2) is 4.79 Å². The van der Waals surface area contributed by atoms with Crippen LogP contribution in [0.1, 0.15) is 31.9 Å². The van der Waals surface area contributed by atoms with Gasteiger partial charge in [-0.05, 0) is 39.3 Å². The molecule has 0 aliphatic heterocycles. The number of nitrogens with zero attached hydrogens (tertiary/aromatic N) is 2. The van der Waals surface area contributed by atoms with E-state index in [1.54, 1.807) is 26.0 Å². The van der Waals surface area contributed by atoms with Gasteiger partial charge in [-0.15, -0.1) is 0 Å². The van der Waals surface area contributed by atoms with E-state index in [0.29, 0.717) is 5.56 Å². The molecule has 1 rings (SSSR count). The number of anilines is 1. The van der Waals surface area contributed by atoms with Crippen molar-refractivity contribution in [3.05, 3.63) is 33.4 Å². The predicted molar refractivity (Wildman–Crippen MR) is 85.2 cm³/mol. The van der Waals surface area contributed by atoms with E-state index in [2.05, 4.69) is 0 Å². The summed E-state index contributed by atoms with van der Waals surface area (Å²) in [6, 6.07) is 3.33. The smallest absolute Gasteiger partial charge is 0.405 e. The summed E-state index contributed by atoms with van der Waals surface area (Å²) in [5, 5.41) is 11.3. The number of nitro groups is 1. The zero-order valence-electron chi connectivity index (χ0n) is 13.7. The largest absolute Gasteiger partial charge is 0.443 e. The second-order valence-electron chi connectivity index (χ2n) is 5.90. The monoisotopic (exact) mass is 309 g/mol. The minimum Gasteiger partial charge on any atom is -0.443 e. The molecule has 0 atom stereocenters. The Hall–Kier alpha value is -2.31. The normalized spacial score (nSPS) is 11.1. The van der Waals surface area contributed by atoms with Gasteiger partial charge in [0.2, 0.25) is 0 Å². The molecule has 0 unspecified atom stereocenters. The van der Waals surface area contributed by atoms with Crippen LogP contribution in [-0.2, 0) is 11.2 Å². The summed E-state index contributed by atoms with van der Waals surface area (Å²) in [6.45, 7) is 7.96. The van der Waals surface area contributed by atoms with Crippen molar-refractivity contribution in [1.29, 1.82) is 0 Å². The van der Waals surface area contributed by atoms with Crippen molar-refractivity contribution in [2.45, 2.75) is 39.7 Å². The highest BCUT2D eigenvalue weighted by molar-refractivity contribution is 5.65. The van der Waals surface area contributed by atoms with Gasteiger partial charge in [-0.1, -0.05) is 0 Å². The molecule has 1 amide bonds. The molecule has 22 heavy (non-hydrogen) atoms. The molecule has 0 aliphatic rings. The van der Waals surface area contributed by atoms with Crippen LogP contribution in [0.4, 0.5) is 16.2 Å². The number of nitro benzene ring substituents is 1. The van der Waals surface area contributed by atoms with Crippen molar-refractivity contribution in [1.82, 2.24) is 0 Å². The fraction of sp³-hybridized carbons (Fsp3) is 0.533. The lowest BCUT2D eigenvalue weighted by Gasteiger charge is -2.25. The third-order valence-electron chi connectivity index (χ3n) is 3.47. The Morgan fingerprint density at radius 2 is 2.05 bits per heavy atom. The van der Waals surface area contributed by atoms with E-state index in [4.69, 9.17) is 10.5 Å². The standard InChI is InChI=1S/C15H23N3O4/c1-6-17(5)12-8-11(9-15(3,4)22-14(16)19)13(18(20)21)7-10(12)2/h7-8H,6,9H2,1-5H3,(H2,16,19). The van der Waals surface area contributed by atoms with Gasteiger partial charge in [0.1, 0.15) is 5.60 Å². The zero-order valence-corrected chi connectivity index (χ0v) is 13.7. The van der Waals surface area contributed by atoms with E-state index in [1.165, 1.54) is 0 Å². The van der Waals surface area contributed by atoms with Crippen molar-refractivity contribution < 1.29 is 14.5 Å². The number of carbonyl (C=O) groups is 1. The molecule has 0 fully saturated rings. The van der Waals surface area contributed by atoms with Crippen LogP contribution in [0.2, 0.25) is 0 Å². The molecule has 0 aliphatic carbocycles. The van der Waals surface area contributed by atoms with Crippen LogP contribution >= 0.6 is 0 Å². The van der Waals surface area contributed by atoms with Gasteiger partial charge in [-0.2, -0.15) is 0 Å². The number of hydrogen-bond donors (Lipinski definition) is 1. The number of primary amides is 1. The third-order valence-corrected chi connectivity index (χ3v) is 3.47. The summed E-state index contributed by atoms with van der Waals surface area (Å²) in [7, 11) is 1.92. The molecule has 0 spiro atoms. The number of hydrogen-bond acceptors (Lipinski definition) is 5. The van der Waals surface area contributed by atoms with Gasteiger partial charge >= 0.3 is 6.09 Å². The molecule has 7 nitrogen and oxygen atoms in total. The molecule has 0 radical (unpaired) electrons. The first-order chi connectivity index (χ1) is 10.1. The third kappa shape index (κ3) is 4.34. The summed E-state index contributed by atoms with van der Waals surface area (Å²) in [5.74, 6) is 0. The fourth-order valence-electron chi connectivity index (χ4n) is 2.38. The lowest BCUT2D eigenvalue weighted by molar-refractivity contribution is -0.385. The van der Waals surface area contributed by atoms with Crippen LogP contribution in [0.3, 0.4) is 0 Å². The SMILES string of the molecule is CCN(C)c1cc(CC(C)(C)OC(N)=O)c([N+](=O)[O-])cc1C. The van der Waals surface area contributed by atoms with Crippen LogP contribution in [0, 0.1) is 17.0 Å². The Morgan fingerprint density at radius 1 is 1.45 bits per heavy atom. The summed E-state index contributed by atoms with van der Waals surface area (Å²) >= 11 is 0. The number of aryl methyl sites for hydroxylation is 1. The average molecular weight is 309 g/mol. The van der Waals surface area contributed by atoms with Crippen molar-refractivity contribution >= 4 is 17.5 Å². The second-order valence-corrected chi connectivity index (χ2v) is 5.90. The Morgan fingerprint density at radius 3 is 2.50 bits per heavy atom. The van der Waals surface area contributed by atoms with Crippen molar-refractivity contribution in [2.24, 2.45) is 5.73 Å². The van der Waals surface area contributed by atoms with Gasteiger partial charge in [0.05, 0.1) is 4.92 Å². The molecular formula is C15H23N3O4. The number of nitrogens with two attached hydrogens (primary N) is 1. The molecule has 0 saturated carbocycles. The highest BCUT2D eigenvalue weighted by Gasteiger charge is 2.28. The van der Waals surface area contributed by atoms with Crippen molar-refractivity contribution in [2.75, 3.05) is 18.5 Å².